The second-order valence-corrected chi connectivity index (χ2v) is 20.0. The van der Waals surface area contributed by atoms with Crippen molar-refractivity contribution < 1.29 is 38.1 Å². The zero-order chi connectivity index (χ0) is 52.3. The van der Waals surface area contributed by atoms with Crippen LogP contribution in [0.15, 0.2) is 0 Å². The molecule has 0 aromatic rings. The zero-order valence-corrected chi connectivity index (χ0v) is 48.2. The predicted molar refractivity (Wildman–Crippen MR) is 296 cm³/mol. The van der Waals surface area contributed by atoms with Gasteiger partial charge in [-0.1, -0.05) is 198 Å². The fourth-order valence-electron chi connectivity index (χ4n) is 8.04. The van der Waals surface area contributed by atoms with Gasteiger partial charge in [-0.3, -0.25) is 14.4 Å². The number of ether oxygens (including phenoxy) is 4. The van der Waals surface area contributed by atoms with E-state index in [-0.39, 0.29) is 24.1 Å². The first-order valence-corrected chi connectivity index (χ1v) is 29.7. The summed E-state index contributed by atoms with van der Waals surface area (Å²) in [4.78, 5) is 46.5. The first-order valence-electron chi connectivity index (χ1n) is 29.7. The molecule has 0 N–H and O–H groups in total. The van der Waals surface area contributed by atoms with Gasteiger partial charge in [0.05, 0.1) is 12.7 Å². The summed E-state index contributed by atoms with van der Waals surface area (Å²) in [6, 6.07) is 0. The van der Waals surface area contributed by atoms with Crippen LogP contribution in [0.4, 0.5) is 0 Å². The second kappa shape index (κ2) is 64.0. The highest BCUT2D eigenvalue weighted by molar-refractivity contribution is 5.69. The summed E-state index contributed by atoms with van der Waals surface area (Å²) in [5, 5.41) is 0. The Morgan fingerprint density at radius 1 is 0.522 bits per heavy atom. The van der Waals surface area contributed by atoms with Crippen LogP contribution in [0.25, 0.3) is 0 Å². The van der Waals surface area contributed by atoms with Crippen molar-refractivity contribution in [1.82, 2.24) is 4.90 Å². The SMILES string of the molecule is CC.CC(C)C.CCCC=O.CCCCCCC(CCCCCC)OC(=O)CCCCCN1CCC(OC)C1.CCCCCCCCC(CCCCCCCC)OC(=O)CCCCCCCOC=O. The Balaban J connectivity index is -0.000000504. The van der Waals surface area contributed by atoms with E-state index in [1.165, 1.54) is 135 Å². The molecule has 0 aromatic heterocycles. The van der Waals surface area contributed by atoms with Crippen LogP contribution in [-0.4, -0.2) is 81.3 Å². The van der Waals surface area contributed by atoms with Crippen LogP contribution < -0.4 is 0 Å². The summed E-state index contributed by atoms with van der Waals surface area (Å²) in [5.74, 6) is 0.845. The van der Waals surface area contributed by atoms with E-state index >= 15 is 0 Å². The number of carbonyl (C=O) groups is 4. The fraction of sp³-hybridized carbons (Fsp3) is 0.933. The maximum absolute atomic E-state index is 12.3. The lowest BCUT2D eigenvalue weighted by Gasteiger charge is -2.18. The summed E-state index contributed by atoms with van der Waals surface area (Å²) >= 11 is 0. The Morgan fingerprint density at radius 3 is 1.23 bits per heavy atom. The van der Waals surface area contributed by atoms with Crippen LogP contribution in [0.3, 0.4) is 0 Å². The van der Waals surface area contributed by atoms with Gasteiger partial charge >= 0.3 is 11.9 Å². The average Bonchev–Trinajstić information content (AvgIpc) is 3.81. The lowest BCUT2D eigenvalue weighted by molar-refractivity contribution is -0.151. The van der Waals surface area contributed by atoms with Crippen molar-refractivity contribution >= 4 is 24.7 Å². The minimum absolute atomic E-state index is 0.0127. The van der Waals surface area contributed by atoms with Crippen LogP contribution in [0.1, 0.15) is 307 Å². The van der Waals surface area contributed by atoms with Gasteiger partial charge in [-0.2, -0.15) is 0 Å². The number of nitrogens with zero attached hydrogens (tertiary/aromatic N) is 1. The molecule has 1 saturated heterocycles. The summed E-state index contributed by atoms with van der Waals surface area (Å²) in [6.07, 6.45) is 43.3. The third kappa shape index (κ3) is 64.0. The molecule has 0 amide bonds. The molecular formula is C60H121NO8. The molecular weight excluding hydrogens is 863 g/mol. The maximum Gasteiger partial charge on any atom is 0.306 e. The van der Waals surface area contributed by atoms with Gasteiger partial charge < -0.3 is 28.6 Å². The van der Waals surface area contributed by atoms with E-state index in [9.17, 15) is 19.2 Å². The number of carbonyl (C=O) groups excluding carboxylic acids is 4. The molecule has 0 aliphatic carbocycles. The molecule has 1 rings (SSSR count). The summed E-state index contributed by atoms with van der Waals surface area (Å²) in [6.45, 7) is 25.8. The van der Waals surface area contributed by atoms with Gasteiger partial charge in [-0.15, -0.1) is 0 Å². The molecule has 0 bridgehead atoms. The number of unbranched alkanes of at least 4 members (excludes halogenated alkanes) is 23. The van der Waals surface area contributed by atoms with Crippen molar-refractivity contribution in [3.05, 3.63) is 0 Å². The van der Waals surface area contributed by atoms with Gasteiger partial charge in [0.2, 0.25) is 0 Å². The molecule has 0 saturated carbocycles. The summed E-state index contributed by atoms with van der Waals surface area (Å²) in [7, 11) is 1.81. The quantitative estimate of drug-likeness (QED) is 0.0255. The van der Waals surface area contributed by atoms with E-state index in [2.05, 4.69) is 58.1 Å². The topological polar surface area (TPSA) is 108 Å². The highest BCUT2D eigenvalue weighted by Crippen LogP contribution is 2.20. The Labute approximate surface area is 430 Å². The van der Waals surface area contributed by atoms with Crippen LogP contribution in [0, 0.1) is 5.92 Å². The van der Waals surface area contributed by atoms with Crippen molar-refractivity contribution in [2.45, 2.75) is 325 Å². The second-order valence-electron chi connectivity index (χ2n) is 20.0. The molecule has 1 fully saturated rings. The predicted octanol–water partition coefficient (Wildman–Crippen LogP) is 17.7. The van der Waals surface area contributed by atoms with Crippen LogP contribution in [-0.2, 0) is 38.1 Å². The number of rotatable bonds is 44. The van der Waals surface area contributed by atoms with E-state index in [1.807, 2.05) is 20.8 Å². The highest BCUT2D eigenvalue weighted by Gasteiger charge is 2.21. The van der Waals surface area contributed by atoms with Gasteiger partial charge in [0, 0.05) is 39.5 Å². The number of hydrogen-bond acceptors (Lipinski definition) is 9. The first kappa shape index (κ1) is 73.5. The Kier molecular flexibility index (Phi) is 68.2. The minimum Gasteiger partial charge on any atom is -0.468 e. The third-order valence-corrected chi connectivity index (χ3v) is 12.2. The molecule has 0 aromatic carbocycles. The van der Waals surface area contributed by atoms with E-state index in [0.29, 0.717) is 38.4 Å². The molecule has 414 valence electrons. The molecule has 0 spiro atoms. The fourth-order valence-corrected chi connectivity index (χ4v) is 8.04. The van der Waals surface area contributed by atoms with Crippen molar-refractivity contribution in [1.29, 1.82) is 0 Å². The summed E-state index contributed by atoms with van der Waals surface area (Å²) in [5.41, 5.74) is 0. The van der Waals surface area contributed by atoms with Crippen LogP contribution in [0.2, 0.25) is 0 Å². The average molecular weight is 985 g/mol. The van der Waals surface area contributed by atoms with Crippen molar-refractivity contribution in [2.75, 3.05) is 33.4 Å². The number of likely N-dealkylation sites (tertiary alicyclic amines) is 1. The number of hydrogen-bond donors (Lipinski definition) is 0. The van der Waals surface area contributed by atoms with Crippen molar-refractivity contribution in [3.63, 3.8) is 0 Å². The molecule has 9 heteroatoms. The Bertz CT molecular complexity index is 979. The molecule has 1 unspecified atom stereocenters. The minimum atomic E-state index is -0.0127. The van der Waals surface area contributed by atoms with E-state index in [4.69, 9.17) is 14.2 Å². The Hall–Kier alpha value is -2.00. The van der Waals surface area contributed by atoms with Gasteiger partial charge in [0.15, 0.2) is 0 Å². The normalized spacial score (nSPS) is 13.0. The molecule has 1 aliphatic heterocycles. The van der Waals surface area contributed by atoms with Crippen molar-refractivity contribution in [3.8, 4) is 0 Å². The lowest BCUT2D eigenvalue weighted by atomic mass is 10.0. The maximum atomic E-state index is 12.3. The van der Waals surface area contributed by atoms with E-state index in [1.54, 1.807) is 7.11 Å². The zero-order valence-electron chi connectivity index (χ0n) is 48.2. The van der Waals surface area contributed by atoms with Gasteiger partial charge in [-0.05, 0) is 102 Å². The third-order valence-electron chi connectivity index (χ3n) is 12.2. The highest BCUT2D eigenvalue weighted by atomic mass is 16.5. The molecule has 69 heavy (non-hydrogen) atoms. The summed E-state index contributed by atoms with van der Waals surface area (Å²) < 4.78 is 21.8. The molecule has 0 radical (unpaired) electrons. The van der Waals surface area contributed by atoms with Gasteiger partial charge in [0.25, 0.3) is 6.47 Å². The number of esters is 2. The lowest BCUT2D eigenvalue weighted by Crippen LogP contribution is -2.24. The molecule has 9 nitrogen and oxygen atoms in total. The monoisotopic (exact) mass is 984 g/mol. The van der Waals surface area contributed by atoms with Crippen molar-refractivity contribution in [2.24, 2.45) is 5.92 Å². The van der Waals surface area contributed by atoms with Crippen LogP contribution >= 0.6 is 0 Å². The smallest absolute Gasteiger partial charge is 0.306 e. The molecule has 1 atom stereocenters. The van der Waals surface area contributed by atoms with Gasteiger partial charge in [0.1, 0.15) is 18.5 Å². The van der Waals surface area contributed by atoms with E-state index in [0.717, 1.165) is 115 Å². The van der Waals surface area contributed by atoms with E-state index < -0.39 is 0 Å². The molecule has 1 aliphatic rings. The first-order chi connectivity index (χ1) is 33.6. The molecule has 1 heterocycles. The number of aldehydes is 1. The van der Waals surface area contributed by atoms with Gasteiger partial charge in [-0.25, -0.2) is 0 Å². The standard InChI is InChI=1S/C26H50O4.C24H47NO3.C4H8O.C4H10.C2H6/c1-3-5-7-9-12-16-20-25(21-17-13-10-8-6-4-2)30-26(28)22-18-14-11-15-19-23-29-24-27;1-4-6-8-11-15-22(16-12-9-7-5-2)28-24(26)17-13-10-14-19-25-20-18-23(21-25)27-3;1-2-3-4-5;1-4(2)3;1-2/h24-25H,3-23H2,1-2H3;22-23H,4-21H2,1-3H3;4H,2-3H2,1H3;4H,1-3H3;1-2H3. The Morgan fingerprint density at radius 2 is 0.884 bits per heavy atom. The largest absolute Gasteiger partial charge is 0.468 e. The number of methoxy groups -OCH3 is 1. The van der Waals surface area contributed by atoms with Crippen LogP contribution in [0.5, 0.6) is 0 Å².